The van der Waals surface area contributed by atoms with E-state index in [9.17, 15) is 9.59 Å². The number of carbonyl (C=O) groups is 1. The lowest BCUT2D eigenvalue weighted by molar-refractivity contribution is 0.0938. The Labute approximate surface area is 200 Å². The first-order chi connectivity index (χ1) is 16.7. The number of rotatable bonds is 7. The minimum Gasteiger partial charge on any atom is -0.457 e. The fourth-order valence-electron chi connectivity index (χ4n) is 3.88. The summed E-state index contributed by atoms with van der Waals surface area (Å²) in [6.07, 6.45) is 1.73. The predicted molar refractivity (Wildman–Crippen MR) is 135 cm³/mol. The lowest BCUT2D eigenvalue weighted by atomic mass is 10.0. The van der Waals surface area contributed by atoms with Crippen molar-refractivity contribution in [2.24, 2.45) is 0 Å². The molecular formula is C27H22N2O4S. The van der Waals surface area contributed by atoms with Crippen LogP contribution < -0.4 is 15.6 Å². The molecule has 0 atom stereocenters. The van der Waals surface area contributed by atoms with E-state index in [1.54, 1.807) is 23.8 Å². The molecular weight excluding hydrogens is 448 g/mol. The molecule has 0 radical (unpaired) electrons. The number of carbonyl (C=O) groups excluding carboxylic acids is 1. The van der Waals surface area contributed by atoms with Crippen LogP contribution in [0.15, 0.2) is 89.2 Å². The van der Waals surface area contributed by atoms with Gasteiger partial charge >= 0.3 is 0 Å². The Morgan fingerprint density at radius 2 is 1.76 bits per heavy atom. The molecule has 0 saturated carbocycles. The lowest BCUT2D eigenvalue weighted by Crippen LogP contribution is -2.29. The third kappa shape index (κ3) is 4.19. The largest absolute Gasteiger partial charge is 0.457 e. The SMILES string of the molecule is COCCNC(=O)c1cc(-c2ccc(Oc3ccccc3)cc2)c(=O)n2ccc3ccsc3c12. The zero-order chi connectivity index (χ0) is 23.5. The van der Waals surface area contributed by atoms with Gasteiger partial charge in [-0.15, -0.1) is 11.3 Å². The van der Waals surface area contributed by atoms with Crippen molar-refractivity contribution in [1.82, 2.24) is 9.72 Å². The summed E-state index contributed by atoms with van der Waals surface area (Å²) in [6, 6.07) is 22.4. The number of pyridine rings is 2. The first-order valence-corrected chi connectivity index (χ1v) is 11.7. The Kier molecular flexibility index (Phi) is 6.12. The van der Waals surface area contributed by atoms with Crippen LogP contribution in [-0.2, 0) is 4.74 Å². The molecule has 0 aliphatic carbocycles. The monoisotopic (exact) mass is 470 g/mol. The zero-order valence-electron chi connectivity index (χ0n) is 18.5. The summed E-state index contributed by atoms with van der Waals surface area (Å²) in [5.41, 5.74) is 2.02. The number of hydrogen-bond donors (Lipinski definition) is 1. The number of nitrogens with one attached hydrogen (secondary N) is 1. The number of amides is 1. The number of fused-ring (bicyclic) bond motifs is 3. The molecule has 0 spiro atoms. The minimum atomic E-state index is -0.249. The van der Waals surface area contributed by atoms with Gasteiger partial charge < -0.3 is 14.8 Å². The molecule has 0 unspecified atom stereocenters. The van der Waals surface area contributed by atoms with Gasteiger partial charge in [-0.05, 0) is 58.8 Å². The van der Waals surface area contributed by atoms with Crippen molar-refractivity contribution in [2.75, 3.05) is 20.3 Å². The van der Waals surface area contributed by atoms with E-state index < -0.39 is 0 Å². The highest BCUT2D eigenvalue weighted by Crippen LogP contribution is 2.30. The molecule has 3 aromatic heterocycles. The standard InChI is InChI=1S/C27H22N2O4S/c1-32-15-13-28-26(30)23-17-22(27(31)29-14-11-19-12-16-34-25(19)24(23)29)18-7-9-21(10-8-18)33-20-5-3-2-4-6-20/h2-12,14,16-17H,13,15H2,1H3,(H,28,30). The van der Waals surface area contributed by atoms with E-state index in [1.807, 2.05) is 72.1 Å². The number of thiophene rings is 1. The average molecular weight is 471 g/mol. The van der Waals surface area contributed by atoms with Crippen molar-refractivity contribution in [2.45, 2.75) is 0 Å². The summed E-state index contributed by atoms with van der Waals surface area (Å²) in [7, 11) is 1.59. The van der Waals surface area contributed by atoms with Crippen LogP contribution in [-0.4, -0.2) is 30.6 Å². The fourth-order valence-corrected chi connectivity index (χ4v) is 4.82. The number of para-hydroxylation sites is 1. The van der Waals surface area contributed by atoms with Crippen molar-refractivity contribution in [3.63, 3.8) is 0 Å². The first-order valence-electron chi connectivity index (χ1n) is 10.8. The van der Waals surface area contributed by atoms with Gasteiger partial charge in [0, 0.05) is 25.4 Å². The van der Waals surface area contributed by atoms with E-state index in [1.165, 1.54) is 11.3 Å². The van der Waals surface area contributed by atoms with Crippen molar-refractivity contribution in [3.8, 4) is 22.6 Å². The summed E-state index contributed by atoms with van der Waals surface area (Å²) >= 11 is 1.51. The second-order valence-electron chi connectivity index (χ2n) is 7.70. The van der Waals surface area contributed by atoms with E-state index in [2.05, 4.69) is 5.32 Å². The Hall–Kier alpha value is -3.94. The smallest absolute Gasteiger partial charge is 0.263 e. The van der Waals surface area contributed by atoms with Gasteiger partial charge in [-0.1, -0.05) is 30.3 Å². The second kappa shape index (κ2) is 9.51. The van der Waals surface area contributed by atoms with Gasteiger partial charge in [0.15, 0.2) is 0 Å². The fraction of sp³-hybridized carbons (Fsp3) is 0.111. The Morgan fingerprint density at radius 3 is 2.53 bits per heavy atom. The summed E-state index contributed by atoms with van der Waals surface area (Å²) < 4.78 is 13.4. The van der Waals surface area contributed by atoms with Gasteiger partial charge in [0.05, 0.1) is 22.4 Å². The van der Waals surface area contributed by atoms with Crippen LogP contribution in [0.25, 0.3) is 26.7 Å². The maximum absolute atomic E-state index is 13.5. The predicted octanol–water partition coefficient (Wildman–Crippen LogP) is 5.35. The van der Waals surface area contributed by atoms with Gasteiger partial charge in [-0.3, -0.25) is 14.0 Å². The molecule has 0 bridgehead atoms. The highest BCUT2D eigenvalue weighted by atomic mass is 32.1. The summed E-state index contributed by atoms with van der Waals surface area (Å²) in [6.45, 7) is 0.780. The van der Waals surface area contributed by atoms with Crippen LogP contribution in [0.5, 0.6) is 11.5 Å². The number of hydrogen-bond acceptors (Lipinski definition) is 5. The first kappa shape index (κ1) is 21.9. The third-order valence-corrected chi connectivity index (χ3v) is 6.47. The maximum atomic E-state index is 13.5. The summed E-state index contributed by atoms with van der Waals surface area (Å²) in [5.74, 6) is 1.14. The highest BCUT2D eigenvalue weighted by molar-refractivity contribution is 7.18. The van der Waals surface area contributed by atoms with Crippen LogP contribution in [0.4, 0.5) is 0 Å². The Bertz CT molecular complexity index is 1520. The van der Waals surface area contributed by atoms with E-state index >= 15 is 0 Å². The maximum Gasteiger partial charge on any atom is 0.263 e. The van der Waals surface area contributed by atoms with E-state index in [0.29, 0.717) is 41.1 Å². The third-order valence-electron chi connectivity index (χ3n) is 5.53. The number of nitrogens with zero attached hydrogens (tertiary/aromatic N) is 1. The summed E-state index contributed by atoms with van der Waals surface area (Å²) in [5, 5.41) is 5.84. The molecule has 1 N–H and O–H groups in total. The van der Waals surface area contributed by atoms with Crippen LogP contribution in [0.3, 0.4) is 0 Å². The quantitative estimate of drug-likeness (QED) is 0.326. The molecule has 0 saturated heterocycles. The molecule has 3 heterocycles. The van der Waals surface area contributed by atoms with Crippen molar-refractivity contribution < 1.29 is 14.3 Å². The number of benzene rings is 2. The second-order valence-corrected chi connectivity index (χ2v) is 8.62. The van der Waals surface area contributed by atoms with Crippen molar-refractivity contribution in [3.05, 3.63) is 100 Å². The normalized spacial score (nSPS) is 11.1. The minimum absolute atomic E-state index is 0.185. The molecule has 5 aromatic rings. The number of aromatic nitrogens is 1. The van der Waals surface area contributed by atoms with Gasteiger partial charge in [0.25, 0.3) is 11.5 Å². The molecule has 0 fully saturated rings. The van der Waals surface area contributed by atoms with Crippen LogP contribution >= 0.6 is 11.3 Å². The molecule has 2 aromatic carbocycles. The lowest BCUT2D eigenvalue weighted by Gasteiger charge is -2.13. The Morgan fingerprint density at radius 1 is 1.00 bits per heavy atom. The molecule has 170 valence electrons. The van der Waals surface area contributed by atoms with E-state index in [-0.39, 0.29) is 11.5 Å². The number of ether oxygens (including phenoxy) is 2. The number of methoxy groups -OCH3 is 1. The van der Waals surface area contributed by atoms with Crippen LogP contribution in [0, 0.1) is 0 Å². The molecule has 5 rings (SSSR count). The molecule has 0 aliphatic rings. The van der Waals surface area contributed by atoms with Gasteiger partial charge in [-0.2, -0.15) is 0 Å². The Balaban J connectivity index is 1.60. The van der Waals surface area contributed by atoms with E-state index in [0.717, 1.165) is 15.8 Å². The average Bonchev–Trinajstić information content (AvgIpc) is 3.35. The van der Waals surface area contributed by atoms with Crippen molar-refractivity contribution >= 4 is 32.8 Å². The van der Waals surface area contributed by atoms with Crippen LogP contribution in [0.2, 0.25) is 0 Å². The topological polar surface area (TPSA) is 69.0 Å². The highest BCUT2D eigenvalue weighted by Gasteiger charge is 2.19. The molecule has 34 heavy (non-hydrogen) atoms. The van der Waals surface area contributed by atoms with Crippen LogP contribution in [0.1, 0.15) is 10.4 Å². The molecule has 6 nitrogen and oxygen atoms in total. The molecule has 0 aliphatic heterocycles. The summed E-state index contributed by atoms with van der Waals surface area (Å²) in [4.78, 5) is 26.6. The van der Waals surface area contributed by atoms with Crippen molar-refractivity contribution in [1.29, 1.82) is 0 Å². The molecule has 1 amide bonds. The molecule has 7 heteroatoms. The van der Waals surface area contributed by atoms with Gasteiger partial charge in [-0.25, -0.2) is 0 Å². The van der Waals surface area contributed by atoms with Gasteiger partial charge in [0.2, 0.25) is 0 Å². The van der Waals surface area contributed by atoms with E-state index in [4.69, 9.17) is 9.47 Å². The zero-order valence-corrected chi connectivity index (χ0v) is 19.3. The van der Waals surface area contributed by atoms with Gasteiger partial charge in [0.1, 0.15) is 11.5 Å².